The number of nitrogens with one attached hydrogen (secondary N) is 1. The fourth-order valence-electron chi connectivity index (χ4n) is 2.83. The number of hydrogen-bond donors (Lipinski definition) is 2. The van der Waals surface area contributed by atoms with E-state index in [2.05, 4.69) is 10.3 Å². The van der Waals surface area contributed by atoms with E-state index in [-0.39, 0.29) is 5.56 Å². The second-order valence-electron chi connectivity index (χ2n) is 6.52. The van der Waals surface area contributed by atoms with Crippen molar-refractivity contribution < 1.29 is 23.8 Å². The summed E-state index contributed by atoms with van der Waals surface area (Å²) in [6, 6.07) is 11.8. The van der Waals surface area contributed by atoms with Crippen molar-refractivity contribution >= 4 is 34.0 Å². The Hall–Kier alpha value is -3.59. The highest BCUT2D eigenvalue weighted by atomic mass is 32.1. The van der Waals surface area contributed by atoms with Crippen LogP contribution in [0.4, 0.5) is 10.8 Å². The SMILES string of the molecule is CCC(OC(=O)c1cccc(N)c1)C(=O)Nc1nc(-c2ccc(OC)c(OC)c2)cs1. The van der Waals surface area contributed by atoms with Crippen LogP contribution in [0.2, 0.25) is 0 Å². The third kappa shape index (κ3) is 5.32. The molecule has 162 valence electrons. The number of carbonyl (C=O) groups excluding carboxylic acids is 2. The summed E-state index contributed by atoms with van der Waals surface area (Å²) in [7, 11) is 3.13. The highest BCUT2D eigenvalue weighted by molar-refractivity contribution is 7.14. The molecular weight excluding hydrogens is 418 g/mol. The van der Waals surface area contributed by atoms with Gasteiger partial charge in [0, 0.05) is 16.6 Å². The lowest BCUT2D eigenvalue weighted by molar-refractivity contribution is -0.124. The number of nitrogens with zero attached hydrogens (tertiary/aromatic N) is 1. The number of aromatic nitrogens is 1. The number of amides is 1. The Labute approximate surface area is 184 Å². The number of nitrogens with two attached hydrogens (primary N) is 1. The number of benzene rings is 2. The van der Waals surface area contributed by atoms with E-state index >= 15 is 0 Å². The Morgan fingerprint density at radius 3 is 2.58 bits per heavy atom. The molecule has 0 aliphatic carbocycles. The molecule has 0 saturated heterocycles. The number of rotatable bonds is 8. The maximum atomic E-state index is 12.6. The first-order valence-electron chi connectivity index (χ1n) is 9.50. The van der Waals surface area contributed by atoms with Gasteiger partial charge < -0.3 is 19.9 Å². The smallest absolute Gasteiger partial charge is 0.338 e. The zero-order valence-corrected chi connectivity index (χ0v) is 18.2. The highest BCUT2D eigenvalue weighted by Crippen LogP contribution is 2.33. The first kappa shape index (κ1) is 22.1. The van der Waals surface area contributed by atoms with Crippen LogP contribution in [0.1, 0.15) is 23.7 Å². The van der Waals surface area contributed by atoms with Gasteiger partial charge in [0.05, 0.1) is 25.5 Å². The summed E-state index contributed by atoms with van der Waals surface area (Å²) in [5.41, 5.74) is 7.91. The van der Waals surface area contributed by atoms with Gasteiger partial charge in [-0.2, -0.15) is 0 Å². The zero-order valence-electron chi connectivity index (χ0n) is 17.4. The Morgan fingerprint density at radius 2 is 1.90 bits per heavy atom. The van der Waals surface area contributed by atoms with E-state index in [1.807, 2.05) is 17.5 Å². The van der Waals surface area contributed by atoms with Crippen molar-refractivity contribution in [1.29, 1.82) is 0 Å². The minimum Gasteiger partial charge on any atom is -0.493 e. The molecule has 1 atom stereocenters. The van der Waals surface area contributed by atoms with Gasteiger partial charge in [-0.05, 0) is 42.8 Å². The van der Waals surface area contributed by atoms with Crippen LogP contribution >= 0.6 is 11.3 Å². The van der Waals surface area contributed by atoms with Gasteiger partial charge in [-0.15, -0.1) is 11.3 Å². The van der Waals surface area contributed by atoms with E-state index in [4.69, 9.17) is 19.9 Å². The minimum absolute atomic E-state index is 0.288. The molecular formula is C22H23N3O5S. The average molecular weight is 442 g/mol. The molecule has 1 amide bonds. The molecule has 2 aromatic carbocycles. The Kier molecular flexibility index (Phi) is 7.09. The Balaban J connectivity index is 1.69. The number of nitrogen functional groups attached to an aromatic ring is 1. The van der Waals surface area contributed by atoms with E-state index in [1.165, 1.54) is 17.4 Å². The second kappa shape index (κ2) is 9.94. The molecule has 1 aromatic heterocycles. The van der Waals surface area contributed by atoms with Crippen molar-refractivity contribution in [2.45, 2.75) is 19.4 Å². The Bertz CT molecular complexity index is 1080. The molecule has 0 bridgehead atoms. The fraction of sp³-hybridized carbons (Fsp3) is 0.227. The number of hydrogen-bond acceptors (Lipinski definition) is 8. The highest BCUT2D eigenvalue weighted by Gasteiger charge is 2.23. The van der Waals surface area contributed by atoms with Crippen molar-refractivity contribution in [3.05, 3.63) is 53.4 Å². The summed E-state index contributed by atoms with van der Waals surface area (Å²) < 4.78 is 15.9. The molecule has 0 spiro atoms. The largest absolute Gasteiger partial charge is 0.493 e. The number of ether oxygens (including phenoxy) is 3. The van der Waals surface area contributed by atoms with Gasteiger partial charge >= 0.3 is 5.97 Å². The molecule has 3 aromatic rings. The van der Waals surface area contributed by atoms with Crippen LogP contribution in [-0.4, -0.2) is 37.2 Å². The van der Waals surface area contributed by atoms with Crippen molar-refractivity contribution in [3.8, 4) is 22.8 Å². The van der Waals surface area contributed by atoms with Crippen LogP contribution in [0.25, 0.3) is 11.3 Å². The molecule has 0 aliphatic rings. The van der Waals surface area contributed by atoms with Crippen LogP contribution in [0.5, 0.6) is 11.5 Å². The molecule has 0 aliphatic heterocycles. The lowest BCUT2D eigenvalue weighted by atomic mass is 10.1. The van der Waals surface area contributed by atoms with Crippen molar-refractivity contribution in [3.63, 3.8) is 0 Å². The van der Waals surface area contributed by atoms with Crippen LogP contribution < -0.4 is 20.5 Å². The van der Waals surface area contributed by atoms with E-state index in [0.29, 0.717) is 34.4 Å². The van der Waals surface area contributed by atoms with E-state index in [1.54, 1.807) is 45.4 Å². The predicted molar refractivity (Wildman–Crippen MR) is 120 cm³/mol. The molecule has 0 radical (unpaired) electrons. The van der Waals surface area contributed by atoms with Gasteiger partial charge in [-0.25, -0.2) is 9.78 Å². The fourth-order valence-corrected chi connectivity index (χ4v) is 3.55. The summed E-state index contributed by atoms with van der Waals surface area (Å²) >= 11 is 1.27. The molecule has 3 rings (SSSR count). The second-order valence-corrected chi connectivity index (χ2v) is 7.38. The summed E-state index contributed by atoms with van der Waals surface area (Å²) in [4.78, 5) is 29.4. The lowest BCUT2D eigenvalue weighted by Crippen LogP contribution is -2.32. The predicted octanol–water partition coefficient (Wildman–Crippen LogP) is 3.98. The average Bonchev–Trinajstić information content (AvgIpc) is 3.25. The molecule has 0 fully saturated rings. The molecule has 8 nitrogen and oxygen atoms in total. The molecule has 3 N–H and O–H groups in total. The van der Waals surface area contributed by atoms with Gasteiger partial charge in [0.25, 0.3) is 5.91 Å². The quantitative estimate of drug-likeness (QED) is 0.401. The van der Waals surface area contributed by atoms with Gasteiger partial charge in [0.15, 0.2) is 22.7 Å². The first-order valence-corrected chi connectivity index (χ1v) is 10.4. The molecule has 1 unspecified atom stereocenters. The zero-order chi connectivity index (χ0) is 22.4. The first-order chi connectivity index (χ1) is 14.9. The normalized spacial score (nSPS) is 11.5. The number of thiazole rings is 1. The van der Waals surface area contributed by atoms with Gasteiger partial charge in [0.2, 0.25) is 0 Å². The van der Waals surface area contributed by atoms with Crippen LogP contribution in [0.15, 0.2) is 47.8 Å². The summed E-state index contributed by atoms with van der Waals surface area (Å²) in [5, 5.41) is 4.93. The summed E-state index contributed by atoms with van der Waals surface area (Å²) in [5.74, 6) is 0.133. The van der Waals surface area contributed by atoms with Crippen LogP contribution in [-0.2, 0) is 9.53 Å². The van der Waals surface area contributed by atoms with E-state index in [0.717, 1.165) is 5.56 Å². The van der Waals surface area contributed by atoms with Gasteiger partial charge in [-0.3, -0.25) is 10.1 Å². The number of esters is 1. The van der Waals surface area contributed by atoms with E-state index in [9.17, 15) is 9.59 Å². The topological polar surface area (TPSA) is 113 Å². The third-order valence-corrected chi connectivity index (χ3v) is 5.21. The standard InChI is InChI=1S/C22H23N3O5S/c1-4-17(30-21(27)14-6-5-7-15(23)10-14)20(26)25-22-24-16(12-31-22)13-8-9-18(28-2)19(11-13)29-3/h5-12,17H,4,23H2,1-3H3,(H,24,25,26). The van der Waals surface area contributed by atoms with Crippen LogP contribution in [0.3, 0.4) is 0 Å². The van der Waals surface area contributed by atoms with Gasteiger partial charge in [0.1, 0.15) is 0 Å². The van der Waals surface area contributed by atoms with Crippen molar-refractivity contribution in [2.75, 3.05) is 25.3 Å². The monoisotopic (exact) mass is 441 g/mol. The number of carbonyl (C=O) groups is 2. The Morgan fingerprint density at radius 1 is 1.13 bits per heavy atom. The molecule has 9 heteroatoms. The van der Waals surface area contributed by atoms with Gasteiger partial charge in [-0.1, -0.05) is 13.0 Å². The molecule has 31 heavy (non-hydrogen) atoms. The summed E-state index contributed by atoms with van der Waals surface area (Å²) in [6.07, 6.45) is -0.643. The molecule has 0 saturated carbocycles. The summed E-state index contributed by atoms with van der Waals surface area (Å²) in [6.45, 7) is 1.76. The number of anilines is 2. The molecule has 1 heterocycles. The van der Waals surface area contributed by atoms with Crippen molar-refractivity contribution in [2.24, 2.45) is 0 Å². The lowest BCUT2D eigenvalue weighted by Gasteiger charge is -2.15. The van der Waals surface area contributed by atoms with E-state index < -0.39 is 18.0 Å². The minimum atomic E-state index is -0.956. The maximum absolute atomic E-state index is 12.6. The van der Waals surface area contributed by atoms with Crippen molar-refractivity contribution in [1.82, 2.24) is 4.98 Å². The third-order valence-electron chi connectivity index (χ3n) is 4.45. The number of methoxy groups -OCH3 is 2. The maximum Gasteiger partial charge on any atom is 0.338 e. The van der Waals surface area contributed by atoms with Crippen LogP contribution in [0, 0.1) is 0 Å².